The minimum atomic E-state index is -4.39. The van der Waals surface area contributed by atoms with Crippen molar-refractivity contribution >= 4 is 11.8 Å². The molecule has 3 nitrogen and oxygen atoms in total. The first-order chi connectivity index (χ1) is 14.1. The van der Waals surface area contributed by atoms with Crippen LogP contribution in [0.5, 0.6) is 0 Å². The van der Waals surface area contributed by atoms with Gasteiger partial charge in [-0.1, -0.05) is 68.9 Å². The number of aliphatic hydroxyl groups excluding tert-OH is 1. The summed E-state index contributed by atoms with van der Waals surface area (Å²) in [5, 5.41) is 10.3. The molecule has 2 aromatic carbocycles. The van der Waals surface area contributed by atoms with E-state index in [1.807, 2.05) is 0 Å². The Morgan fingerprint density at radius 2 is 1.67 bits per heavy atom. The van der Waals surface area contributed by atoms with Crippen LogP contribution in [-0.4, -0.2) is 14.7 Å². The fraction of sp³-hybridized carbons (Fsp3) is 0.348. The third-order valence-corrected chi connectivity index (χ3v) is 5.91. The van der Waals surface area contributed by atoms with Crippen LogP contribution in [0.3, 0.4) is 0 Å². The maximum absolute atomic E-state index is 13.0. The average Bonchev–Trinajstić information content (AvgIpc) is 3.07. The predicted molar refractivity (Wildman–Crippen MR) is 113 cm³/mol. The van der Waals surface area contributed by atoms with Crippen LogP contribution in [-0.2, 0) is 30.5 Å². The van der Waals surface area contributed by atoms with E-state index in [0.29, 0.717) is 22.2 Å². The van der Waals surface area contributed by atoms with Crippen LogP contribution in [0, 0.1) is 0 Å². The molecule has 0 amide bonds. The molecule has 0 atom stereocenters. The Balaban J connectivity index is 1.77. The first kappa shape index (κ1) is 22.4. The van der Waals surface area contributed by atoms with Gasteiger partial charge in [0.15, 0.2) is 5.16 Å². The number of rotatable bonds is 6. The quantitative estimate of drug-likeness (QED) is 0.481. The molecule has 7 heteroatoms. The summed E-state index contributed by atoms with van der Waals surface area (Å²) in [4.78, 5) is 4.37. The molecule has 0 bridgehead atoms. The van der Waals surface area contributed by atoms with Crippen LogP contribution in [0.15, 0.2) is 59.9 Å². The summed E-state index contributed by atoms with van der Waals surface area (Å²) in [6.45, 7) is 6.48. The van der Waals surface area contributed by atoms with Crippen molar-refractivity contribution in [2.45, 2.75) is 56.4 Å². The van der Waals surface area contributed by atoms with Gasteiger partial charge in [-0.05, 0) is 34.2 Å². The van der Waals surface area contributed by atoms with Crippen molar-refractivity contribution in [1.82, 2.24) is 9.55 Å². The summed E-state index contributed by atoms with van der Waals surface area (Å²) in [7, 11) is 0. The molecule has 0 fully saturated rings. The van der Waals surface area contributed by atoms with E-state index in [2.05, 4.69) is 50.0 Å². The molecule has 160 valence electrons. The molecule has 30 heavy (non-hydrogen) atoms. The highest BCUT2D eigenvalue weighted by atomic mass is 32.2. The summed E-state index contributed by atoms with van der Waals surface area (Å²) < 4.78 is 40.8. The van der Waals surface area contributed by atoms with Gasteiger partial charge in [-0.25, -0.2) is 4.98 Å². The van der Waals surface area contributed by atoms with Crippen molar-refractivity contribution in [2.24, 2.45) is 0 Å². The highest BCUT2D eigenvalue weighted by molar-refractivity contribution is 7.98. The molecule has 0 aliphatic carbocycles. The van der Waals surface area contributed by atoms with E-state index in [1.165, 1.54) is 23.4 Å². The van der Waals surface area contributed by atoms with Crippen molar-refractivity contribution in [3.63, 3.8) is 0 Å². The molecule has 1 aromatic heterocycles. The van der Waals surface area contributed by atoms with Crippen molar-refractivity contribution in [3.05, 3.63) is 82.7 Å². The van der Waals surface area contributed by atoms with Gasteiger partial charge in [0.1, 0.15) is 0 Å². The number of aromatic nitrogens is 2. The summed E-state index contributed by atoms with van der Waals surface area (Å²) in [5.41, 5.74) is 2.87. The van der Waals surface area contributed by atoms with E-state index >= 15 is 0 Å². The second-order valence-corrected chi connectivity index (χ2v) is 9.15. The van der Waals surface area contributed by atoms with E-state index in [-0.39, 0.29) is 18.6 Å². The van der Waals surface area contributed by atoms with E-state index < -0.39 is 11.7 Å². The Hall–Kier alpha value is -2.25. The lowest BCUT2D eigenvalue weighted by atomic mass is 9.87. The molecule has 0 aliphatic rings. The van der Waals surface area contributed by atoms with E-state index in [4.69, 9.17) is 0 Å². The number of alkyl halides is 3. The van der Waals surface area contributed by atoms with Crippen molar-refractivity contribution in [3.8, 4) is 0 Å². The summed E-state index contributed by atoms with van der Waals surface area (Å²) in [5.74, 6) is 0.675. The van der Waals surface area contributed by atoms with E-state index in [1.54, 1.807) is 16.8 Å². The van der Waals surface area contributed by atoms with E-state index in [0.717, 1.165) is 17.7 Å². The van der Waals surface area contributed by atoms with Crippen LogP contribution < -0.4 is 0 Å². The maximum Gasteiger partial charge on any atom is 0.416 e. The van der Waals surface area contributed by atoms with Gasteiger partial charge >= 0.3 is 6.18 Å². The number of imidazole rings is 1. The monoisotopic (exact) mass is 434 g/mol. The van der Waals surface area contributed by atoms with Gasteiger partial charge in [0, 0.05) is 12.3 Å². The standard InChI is InChI=1S/C23H25F3N2OS/c1-22(2,3)18-9-7-16(8-10-18)15-30-21-27-12-20(14-29)28(21)13-17-5-4-6-19(11-17)23(24,25)26/h4-12,29H,13-15H2,1-3H3. The lowest BCUT2D eigenvalue weighted by Gasteiger charge is -2.19. The number of hydrogen-bond acceptors (Lipinski definition) is 3. The topological polar surface area (TPSA) is 38.1 Å². The smallest absolute Gasteiger partial charge is 0.390 e. The minimum absolute atomic E-state index is 0.0862. The number of thioether (sulfide) groups is 1. The first-order valence-corrected chi connectivity index (χ1v) is 10.6. The fourth-order valence-electron chi connectivity index (χ4n) is 3.08. The molecule has 0 spiro atoms. The van der Waals surface area contributed by atoms with Crippen molar-refractivity contribution in [1.29, 1.82) is 0 Å². The normalized spacial score (nSPS) is 12.4. The molecule has 1 heterocycles. The molecular formula is C23H25F3N2OS. The highest BCUT2D eigenvalue weighted by Crippen LogP contribution is 2.31. The second kappa shape index (κ2) is 8.86. The van der Waals surface area contributed by atoms with Crippen LogP contribution in [0.25, 0.3) is 0 Å². The average molecular weight is 435 g/mol. The molecular weight excluding hydrogens is 409 g/mol. The Kier molecular flexibility index (Phi) is 6.62. The van der Waals surface area contributed by atoms with Gasteiger partial charge in [0.2, 0.25) is 0 Å². The zero-order valence-electron chi connectivity index (χ0n) is 17.2. The fourth-order valence-corrected chi connectivity index (χ4v) is 4.03. The number of hydrogen-bond donors (Lipinski definition) is 1. The summed E-state index contributed by atoms with van der Waals surface area (Å²) >= 11 is 1.50. The summed E-state index contributed by atoms with van der Waals surface area (Å²) in [6, 6.07) is 13.6. The third kappa shape index (κ3) is 5.46. The lowest BCUT2D eigenvalue weighted by molar-refractivity contribution is -0.137. The molecule has 3 aromatic rings. The van der Waals surface area contributed by atoms with Crippen LogP contribution in [0.1, 0.15) is 48.7 Å². The van der Waals surface area contributed by atoms with Crippen LogP contribution in [0.2, 0.25) is 0 Å². The number of nitrogens with zero attached hydrogens (tertiary/aromatic N) is 2. The Morgan fingerprint density at radius 3 is 2.27 bits per heavy atom. The highest BCUT2D eigenvalue weighted by Gasteiger charge is 2.30. The second-order valence-electron chi connectivity index (χ2n) is 8.21. The predicted octanol–water partition coefficient (Wildman–Crippen LogP) is 6.03. The number of benzene rings is 2. The van der Waals surface area contributed by atoms with Crippen molar-refractivity contribution in [2.75, 3.05) is 0 Å². The zero-order chi connectivity index (χ0) is 21.9. The zero-order valence-corrected chi connectivity index (χ0v) is 18.0. The number of aliphatic hydroxyl groups is 1. The van der Waals surface area contributed by atoms with E-state index in [9.17, 15) is 18.3 Å². The molecule has 0 aliphatic heterocycles. The molecule has 0 unspecified atom stereocenters. The van der Waals surface area contributed by atoms with Gasteiger partial charge in [0.05, 0.1) is 24.1 Å². The van der Waals surface area contributed by atoms with Gasteiger partial charge in [-0.3, -0.25) is 0 Å². The summed E-state index contributed by atoms with van der Waals surface area (Å²) in [6.07, 6.45) is -2.82. The maximum atomic E-state index is 13.0. The molecule has 3 rings (SSSR count). The van der Waals surface area contributed by atoms with Gasteiger partial charge in [-0.2, -0.15) is 13.2 Å². The Labute approximate surface area is 179 Å². The third-order valence-electron chi connectivity index (χ3n) is 4.85. The molecule has 0 saturated carbocycles. The van der Waals surface area contributed by atoms with Gasteiger partial charge < -0.3 is 9.67 Å². The van der Waals surface area contributed by atoms with Gasteiger partial charge in [-0.15, -0.1) is 0 Å². The minimum Gasteiger partial charge on any atom is -0.390 e. The largest absolute Gasteiger partial charge is 0.416 e. The van der Waals surface area contributed by atoms with Crippen molar-refractivity contribution < 1.29 is 18.3 Å². The van der Waals surface area contributed by atoms with Gasteiger partial charge in [0.25, 0.3) is 0 Å². The lowest BCUT2D eigenvalue weighted by Crippen LogP contribution is -2.10. The number of halogens is 3. The van der Waals surface area contributed by atoms with Crippen LogP contribution >= 0.6 is 11.8 Å². The Morgan fingerprint density at radius 1 is 0.967 bits per heavy atom. The molecule has 1 N–H and O–H groups in total. The SMILES string of the molecule is CC(C)(C)c1ccc(CSc2ncc(CO)n2Cc2cccc(C(F)(F)F)c2)cc1. The molecule has 0 radical (unpaired) electrons. The molecule has 0 saturated heterocycles. The van der Waals surface area contributed by atoms with Crippen LogP contribution in [0.4, 0.5) is 13.2 Å². The Bertz CT molecular complexity index is 989. The first-order valence-electron chi connectivity index (χ1n) is 9.61.